The molecule has 3 aromatic rings. The van der Waals surface area contributed by atoms with Crippen molar-refractivity contribution in [3.63, 3.8) is 0 Å². The Morgan fingerprint density at radius 3 is 2.41 bits per heavy atom. The van der Waals surface area contributed by atoms with Gasteiger partial charge in [0, 0.05) is 18.7 Å². The second-order valence-electron chi connectivity index (χ2n) is 7.20. The van der Waals surface area contributed by atoms with Crippen LogP contribution in [-0.4, -0.2) is 15.9 Å². The Morgan fingerprint density at radius 2 is 1.76 bits per heavy atom. The number of rotatable bonds is 8. The van der Waals surface area contributed by atoms with E-state index in [4.69, 9.17) is 23.1 Å². The van der Waals surface area contributed by atoms with Crippen LogP contribution >= 0.6 is 11.6 Å². The van der Waals surface area contributed by atoms with Crippen LogP contribution < -0.4 is 11.5 Å². The number of nitrogens with zero attached hydrogens (tertiary/aromatic N) is 2. The standard InChI is InChI=1S/C23H25ClN4O/c1-15(25)17-8-6-16(7-9-17)12-23-27-14-20(24)21(28-23)11-10-18-4-2-3-5-19(18)13-22(26)29/h2-9,14-15H,10-13,25H2,1H3,(H2,26,29). The summed E-state index contributed by atoms with van der Waals surface area (Å²) in [5.41, 5.74) is 16.3. The van der Waals surface area contributed by atoms with Crippen LogP contribution in [0, 0.1) is 0 Å². The van der Waals surface area contributed by atoms with Gasteiger partial charge in [-0.15, -0.1) is 0 Å². The topological polar surface area (TPSA) is 94.9 Å². The van der Waals surface area contributed by atoms with Gasteiger partial charge < -0.3 is 11.5 Å². The summed E-state index contributed by atoms with van der Waals surface area (Å²) in [6.45, 7) is 1.96. The number of aromatic nitrogens is 2. The molecule has 5 nitrogen and oxygen atoms in total. The molecule has 1 amide bonds. The van der Waals surface area contributed by atoms with Crippen LogP contribution in [0.25, 0.3) is 0 Å². The zero-order chi connectivity index (χ0) is 20.8. The molecule has 6 heteroatoms. The molecule has 3 rings (SSSR count). The van der Waals surface area contributed by atoms with E-state index in [1.54, 1.807) is 6.20 Å². The molecule has 0 aliphatic rings. The maximum atomic E-state index is 11.3. The molecule has 1 unspecified atom stereocenters. The van der Waals surface area contributed by atoms with Crippen molar-refractivity contribution in [1.29, 1.82) is 0 Å². The number of halogens is 1. The van der Waals surface area contributed by atoms with Gasteiger partial charge in [0.25, 0.3) is 0 Å². The molecule has 0 aliphatic heterocycles. The first-order chi connectivity index (χ1) is 13.9. The minimum absolute atomic E-state index is 0.0138. The predicted octanol–water partition coefficient (Wildman–Crippen LogP) is 3.55. The van der Waals surface area contributed by atoms with E-state index < -0.39 is 0 Å². The van der Waals surface area contributed by atoms with Crippen molar-refractivity contribution in [2.75, 3.05) is 0 Å². The highest BCUT2D eigenvalue weighted by Gasteiger charge is 2.10. The van der Waals surface area contributed by atoms with Gasteiger partial charge in [-0.25, -0.2) is 9.97 Å². The van der Waals surface area contributed by atoms with Gasteiger partial charge >= 0.3 is 0 Å². The highest BCUT2D eigenvalue weighted by molar-refractivity contribution is 6.31. The van der Waals surface area contributed by atoms with Gasteiger partial charge in [-0.05, 0) is 42.0 Å². The zero-order valence-corrected chi connectivity index (χ0v) is 17.2. The Hall–Kier alpha value is -2.76. The molecular weight excluding hydrogens is 384 g/mol. The minimum atomic E-state index is -0.338. The third-order valence-corrected chi connectivity index (χ3v) is 5.16. The van der Waals surface area contributed by atoms with E-state index in [0.29, 0.717) is 17.9 Å². The van der Waals surface area contributed by atoms with Crippen LogP contribution in [0.15, 0.2) is 54.7 Å². The van der Waals surface area contributed by atoms with Crippen LogP contribution in [0.1, 0.15) is 46.7 Å². The number of carbonyl (C=O) groups excluding carboxylic acids is 1. The number of primary amides is 1. The van der Waals surface area contributed by atoms with E-state index in [9.17, 15) is 4.79 Å². The first-order valence-corrected chi connectivity index (χ1v) is 10.00. The molecule has 0 spiro atoms. The maximum Gasteiger partial charge on any atom is 0.221 e. The van der Waals surface area contributed by atoms with E-state index in [2.05, 4.69) is 22.1 Å². The molecule has 1 aromatic heterocycles. The average molecular weight is 409 g/mol. The Morgan fingerprint density at radius 1 is 1.07 bits per heavy atom. The van der Waals surface area contributed by atoms with E-state index in [1.807, 2.05) is 43.3 Å². The summed E-state index contributed by atoms with van der Waals surface area (Å²) in [6.07, 6.45) is 3.90. The number of amides is 1. The summed E-state index contributed by atoms with van der Waals surface area (Å²) < 4.78 is 0. The molecular formula is C23H25ClN4O. The molecule has 0 aliphatic carbocycles. The molecule has 0 bridgehead atoms. The molecule has 0 radical (unpaired) electrons. The summed E-state index contributed by atoms with van der Waals surface area (Å²) in [5, 5.41) is 0.549. The number of benzene rings is 2. The van der Waals surface area contributed by atoms with Gasteiger partial charge in [0.15, 0.2) is 0 Å². The van der Waals surface area contributed by atoms with Crippen molar-refractivity contribution in [2.45, 2.75) is 38.6 Å². The lowest BCUT2D eigenvalue weighted by Gasteiger charge is -2.10. The quantitative estimate of drug-likeness (QED) is 0.595. The molecule has 2 aromatic carbocycles. The lowest BCUT2D eigenvalue weighted by Crippen LogP contribution is -2.15. The Labute approximate surface area is 176 Å². The van der Waals surface area contributed by atoms with E-state index >= 15 is 0 Å². The average Bonchev–Trinajstić information content (AvgIpc) is 2.69. The second kappa shape index (κ2) is 9.63. The summed E-state index contributed by atoms with van der Waals surface area (Å²) in [4.78, 5) is 20.3. The fourth-order valence-electron chi connectivity index (χ4n) is 3.24. The molecule has 0 saturated heterocycles. The minimum Gasteiger partial charge on any atom is -0.369 e. The molecule has 0 saturated carbocycles. The van der Waals surface area contributed by atoms with E-state index in [-0.39, 0.29) is 18.4 Å². The number of aryl methyl sites for hydroxylation is 2. The highest BCUT2D eigenvalue weighted by atomic mass is 35.5. The molecule has 29 heavy (non-hydrogen) atoms. The third kappa shape index (κ3) is 5.86. The SMILES string of the molecule is CC(N)c1ccc(Cc2ncc(Cl)c(CCc3ccccc3CC(N)=O)n2)cc1. The first kappa shape index (κ1) is 21.0. The number of carbonyl (C=O) groups is 1. The number of hydrogen-bond acceptors (Lipinski definition) is 4. The molecule has 4 N–H and O–H groups in total. The highest BCUT2D eigenvalue weighted by Crippen LogP contribution is 2.19. The second-order valence-corrected chi connectivity index (χ2v) is 7.61. The van der Waals surface area contributed by atoms with Crippen molar-refractivity contribution in [1.82, 2.24) is 9.97 Å². The van der Waals surface area contributed by atoms with Gasteiger partial charge in [-0.1, -0.05) is 60.1 Å². The van der Waals surface area contributed by atoms with Crippen molar-refractivity contribution >= 4 is 17.5 Å². The summed E-state index contributed by atoms with van der Waals surface area (Å²) in [7, 11) is 0. The lowest BCUT2D eigenvalue weighted by molar-refractivity contribution is -0.117. The maximum absolute atomic E-state index is 11.3. The van der Waals surface area contributed by atoms with Gasteiger partial charge in [0.1, 0.15) is 5.82 Å². The Balaban J connectivity index is 1.72. The molecule has 0 fully saturated rings. The van der Waals surface area contributed by atoms with Gasteiger partial charge in [0.05, 0.1) is 17.1 Å². The fraction of sp³-hybridized carbons (Fsp3) is 0.261. The molecule has 150 valence electrons. The Kier molecular flexibility index (Phi) is 6.96. The van der Waals surface area contributed by atoms with Crippen molar-refractivity contribution < 1.29 is 4.79 Å². The normalized spacial score (nSPS) is 12.0. The summed E-state index contributed by atoms with van der Waals surface area (Å²) >= 11 is 6.33. The summed E-state index contributed by atoms with van der Waals surface area (Å²) in [6, 6.07) is 16.0. The summed E-state index contributed by atoms with van der Waals surface area (Å²) in [5.74, 6) is 0.387. The van der Waals surface area contributed by atoms with Crippen molar-refractivity contribution in [3.05, 3.63) is 93.5 Å². The smallest absolute Gasteiger partial charge is 0.221 e. The number of nitrogens with two attached hydrogens (primary N) is 2. The van der Waals surface area contributed by atoms with Crippen molar-refractivity contribution in [3.8, 4) is 0 Å². The van der Waals surface area contributed by atoms with Crippen molar-refractivity contribution in [2.24, 2.45) is 11.5 Å². The van der Waals surface area contributed by atoms with Crippen LogP contribution in [0.3, 0.4) is 0 Å². The van der Waals surface area contributed by atoms with Gasteiger partial charge in [0.2, 0.25) is 5.91 Å². The van der Waals surface area contributed by atoms with Gasteiger partial charge in [-0.2, -0.15) is 0 Å². The Bertz CT molecular complexity index is 986. The van der Waals surface area contributed by atoms with Crippen LogP contribution in [0.5, 0.6) is 0 Å². The monoisotopic (exact) mass is 408 g/mol. The first-order valence-electron chi connectivity index (χ1n) is 9.62. The lowest BCUT2D eigenvalue weighted by atomic mass is 9.99. The van der Waals surface area contributed by atoms with Crippen LogP contribution in [0.2, 0.25) is 5.02 Å². The zero-order valence-electron chi connectivity index (χ0n) is 16.4. The van der Waals surface area contributed by atoms with E-state index in [1.165, 1.54) is 0 Å². The van der Waals surface area contributed by atoms with E-state index in [0.717, 1.165) is 40.2 Å². The fourth-order valence-corrected chi connectivity index (χ4v) is 3.43. The van der Waals surface area contributed by atoms with Crippen LogP contribution in [0.4, 0.5) is 0 Å². The number of hydrogen-bond donors (Lipinski definition) is 2. The van der Waals surface area contributed by atoms with Gasteiger partial charge in [-0.3, -0.25) is 4.79 Å². The predicted molar refractivity (Wildman–Crippen MR) is 116 cm³/mol. The molecule has 1 atom stereocenters. The third-order valence-electron chi connectivity index (χ3n) is 4.85. The largest absolute Gasteiger partial charge is 0.369 e. The molecule has 1 heterocycles. The van der Waals surface area contributed by atoms with Crippen LogP contribution in [-0.2, 0) is 30.5 Å².